The molecule has 0 aromatic heterocycles. The zero-order chi connectivity index (χ0) is 32.6. The summed E-state index contributed by atoms with van der Waals surface area (Å²) in [6, 6.07) is 22.0. The fraction of sp³-hybridized carbons (Fsp3) is 0.429. The van der Waals surface area contributed by atoms with Gasteiger partial charge in [0, 0.05) is 62.4 Å². The number of benzene rings is 3. The molecular formula is C35H43N3O7S. The highest BCUT2D eigenvalue weighted by molar-refractivity contribution is 7.89. The number of esters is 1. The molecule has 2 atom stereocenters. The van der Waals surface area contributed by atoms with Crippen LogP contribution in [0.2, 0.25) is 0 Å². The number of hydrogen-bond acceptors (Lipinski definition) is 8. The smallest absolute Gasteiger partial charge is 0.305 e. The van der Waals surface area contributed by atoms with Gasteiger partial charge in [-0.3, -0.25) is 9.59 Å². The van der Waals surface area contributed by atoms with Crippen molar-refractivity contribution >= 4 is 21.9 Å². The molecule has 5 rings (SSSR count). The Kier molecular flexibility index (Phi) is 11.1. The fourth-order valence-corrected chi connectivity index (χ4v) is 7.72. The molecule has 2 heterocycles. The number of rotatable bonds is 14. The number of sulfonamides is 1. The van der Waals surface area contributed by atoms with E-state index in [2.05, 4.69) is 32.2 Å². The van der Waals surface area contributed by atoms with Crippen molar-refractivity contribution in [3.05, 3.63) is 89.5 Å². The highest BCUT2D eigenvalue weighted by atomic mass is 32.2. The van der Waals surface area contributed by atoms with Crippen LogP contribution in [-0.4, -0.2) is 66.8 Å². The number of para-hydroxylation sites is 2. The number of amides is 1. The van der Waals surface area contributed by atoms with E-state index in [9.17, 15) is 18.0 Å². The molecule has 10 nitrogen and oxygen atoms in total. The average Bonchev–Trinajstić information content (AvgIpc) is 3.08. The van der Waals surface area contributed by atoms with Gasteiger partial charge >= 0.3 is 5.97 Å². The molecule has 3 aromatic carbocycles. The maximum Gasteiger partial charge on any atom is 0.305 e. The molecule has 3 N–H and O–H groups in total. The van der Waals surface area contributed by atoms with Gasteiger partial charge in [0.1, 0.15) is 11.5 Å². The highest BCUT2D eigenvalue weighted by Crippen LogP contribution is 2.50. The van der Waals surface area contributed by atoms with E-state index in [0.717, 1.165) is 47.5 Å². The van der Waals surface area contributed by atoms with Gasteiger partial charge in [0.25, 0.3) is 0 Å². The van der Waals surface area contributed by atoms with Crippen LogP contribution in [0.3, 0.4) is 0 Å². The summed E-state index contributed by atoms with van der Waals surface area (Å²) in [6.45, 7) is 1.91. The molecule has 1 saturated heterocycles. The minimum Gasteiger partial charge on any atom is -0.469 e. The highest BCUT2D eigenvalue weighted by Gasteiger charge is 2.42. The first kappa shape index (κ1) is 33.6. The summed E-state index contributed by atoms with van der Waals surface area (Å²) in [7, 11) is -0.782. The standard InChI is InChI=1S/C35H43N3O7S/c1-43-20-8-7-19-35(29-9-3-5-11-31(29)45-32-12-6-4-10-30(32)35)24-37-34(40)26-21-27(23-36-22-26)38-46(41,42)28-16-13-25(14-17-28)15-18-33(39)44-2/h3-6,9-14,16-17,26-27,36,38H,7-8,15,18-24H2,1-2H3,(H,37,40). The van der Waals surface area contributed by atoms with Crippen LogP contribution in [0.25, 0.3) is 0 Å². The van der Waals surface area contributed by atoms with Gasteiger partial charge in [-0.1, -0.05) is 48.5 Å². The van der Waals surface area contributed by atoms with E-state index in [1.165, 1.54) is 19.2 Å². The maximum atomic E-state index is 13.7. The van der Waals surface area contributed by atoms with Crippen molar-refractivity contribution in [2.24, 2.45) is 5.92 Å². The Labute approximate surface area is 271 Å². The largest absolute Gasteiger partial charge is 0.469 e. The number of aryl methyl sites for hydroxylation is 1. The van der Waals surface area contributed by atoms with E-state index in [1.54, 1.807) is 19.2 Å². The van der Waals surface area contributed by atoms with Crippen LogP contribution in [0.4, 0.5) is 0 Å². The molecule has 2 aliphatic heterocycles. The van der Waals surface area contributed by atoms with Crippen molar-refractivity contribution in [2.75, 3.05) is 40.5 Å². The zero-order valence-corrected chi connectivity index (χ0v) is 27.2. The number of hydrogen-bond donors (Lipinski definition) is 3. The predicted octanol–water partition coefficient (Wildman–Crippen LogP) is 4.07. The van der Waals surface area contributed by atoms with E-state index in [1.807, 2.05) is 36.4 Å². The quantitative estimate of drug-likeness (QED) is 0.176. The Bertz CT molecular complexity index is 1560. The molecule has 2 aliphatic rings. The molecule has 3 aromatic rings. The first-order valence-corrected chi connectivity index (χ1v) is 17.3. The van der Waals surface area contributed by atoms with E-state index in [-0.39, 0.29) is 23.2 Å². The number of carbonyl (C=O) groups is 2. The lowest BCUT2D eigenvalue weighted by Gasteiger charge is -2.41. The molecule has 0 bridgehead atoms. The number of fused-ring (bicyclic) bond motifs is 2. The predicted molar refractivity (Wildman–Crippen MR) is 174 cm³/mol. The monoisotopic (exact) mass is 649 g/mol. The summed E-state index contributed by atoms with van der Waals surface area (Å²) in [4.78, 5) is 25.3. The normalized spacial score (nSPS) is 18.5. The second kappa shape index (κ2) is 15.2. The van der Waals surface area contributed by atoms with E-state index in [4.69, 9.17) is 9.47 Å². The summed E-state index contributed by atoms with van der Waals surface area (Å²) in [5.74, 6) is 0.712. The third kappa shape index (κ3) is 7.78. The lowest BCUT2D eigenvalue weighted by atomic mass is 9.69. The van der Waals surface area contributed by atoms with Gasteiger partial charge in [0.15, 0.2) is 0 Å². The van der Waals surface area contributed by atoms with E-state index < -0.39 is 27.4 Å². The number of methoxy groups -OCH3 is 2. The molecule has 2 unspecified atom stereocenters. The first-order valence-electron chi connectivity index (χ1n) is 15.8. The molecule has 0 spiro atoms. The lowest BCUT2D eigenvalue weighted by molar-refractivity contribution is -0.140. The maximum absolute atomic E-state index is 13.7. The number of unbranched alkanes of at least 4 members (excludes halogenated alkanes) is 1. The molecule has 246 valence electrons. The van der Waals surface area contributed by atoms with Crippen molar-refractivity contribution in [1.82, 2.24) is 15.4 Å². The minimum absolute atomic E-state index is 0.121. The molecule has 46 heavy (non-hydrogen) atoms. The molecule has 0 radical (unpaired) electrons. The fourth-order valence-electron chi connectivity index (χ4n) is 6.47. The average molecular weight is 650 g/mol. The first-order chi connectivity index (χ1) is 22.3. The Morgan fingerprint density at radius 3 is 2.26 bits per heavy atom. The van der Waals surface area contributed by atoms with Crippen LogP contribution in [0.5, 0.6) is 11.5 Å². The van der Waals surface area contributed by atoms with Gasteiger partial charge in [-0.15, -0.1) is 0 Å². The third-order valence-electron chi connectivity index (χ3n) is 8.91. The molecule has 0 aliphatic carbocycles. The van der Waals surface area contributed by atoms with Crippen LogP contribution in [0.1, 0.15) is 48.8 Å². The van der Waals surface area contributed by atoms with Gasteiger partial charge in [-0.2, -0.15) is 0 Å². The number of nitrogens with one attached hydrogen (secondary N) is 3. The van der Waals surface area contributed by atoms with Crippen LogP contribution in [0, 0.1) is 5.92 Å². The second-order valence-corrected chi connectivity index (χ2v) is 13.7. The van der Waals surface area contributed by atoms with Crippen molar-refractivity contribution in [3.63, 3.8) is 0 Å². The number of carbonyl (C=O) groups excluding carboxylic acids is 2. The Morgan fingerprint density at radius 2 is 1.61 bits per heavy atom. The van der Waals surface area contributed by atoms with E-state index >= 15 is 0 Å². The van der Waals surface area contributed by atoms with Crippen molar-refractivity contribution in [2.45, 2.75) is 54.9 Å². The van der Waals surface area contributed by atoms with Gasteiger partial charge in [-0.05, 0) is 61.9 Å². The van der Waals surface area contributed by atoms with E-state index in [0.29, 0.717) is 39.1 Å². The SMILES string of the molecule is COCCCCC1(CNC(=O)C2CNCC(NS(=O)(=O)c3ccc(CCC(=O)OC)cc3)C2)c2ccccc2Oc2ccccc21. The summed E-state index contributed by atoms with van der Waals surface area (Å²) < 4.78 is 45.5. The second-order valence-electron chi connectivity index (χ2n) is 12.0. The summed E-state index contributed by atoms with van der Waals surface area (Å²) in [5.41, 5.74) is 2.41. The van der Waals surface area contributed by atoms with Crippen LogP contribution in [0.15, 0.2) is 77.7 Å². The summed E-state index contributed by atoms with van der Waals surface area (Å²) in [5, 5.41) is 6.50. The molecule has 1 amide bonds. The van der Waals surface area contributed by atoms with Crippen LogP contribution < -0.4 is 20.1 Å². The van der Waals surface area contributed by atoms with Crippen molar-refractivity contribution in [3.8, 4) is 11.5 Å². The third-order valence-corrected chi connectivity index (χ3v) is 10.5. The molecule has 1 fully saturated rings. The summed E-state index contributed by atoms with van der Waals surface area (Å²) >= 11 is 0. The van der Waals surface area contributed by atoms with Crippen LogP contribution >= 0.6 is 0 Å². The minimum atomic E-state index is -3.82. The Hall–Kier alpha value is -3.77. The molecule has 11 heteroatoms. The topological polar surface area (TPSA) is 132 Å². The molecular weight excluding hydrogens is 606 g/mol. The Morgan fingerprint density at radius 1 is 0.935 bits per heavy atom. The number of piperidine rings is 1. The van der Waals surface area contributed by atoms with Gasteiger partial charge in [-0.25, -0.2) is 13.1 Å². The van der Waals surface area contributed by atoms with Crippen LogP contribution in [-0.2, 0) is 40.9 Å². The lowest BCUT2D eigenvalue weighted by Crippen LogP contribution is -2.53. The van der Waals surface area contributed by atoms with Gasteiger partial charge < -0.3 is 24.8 Å². The van der Waals surface area contributed by atoms with Gasteiger partial charge in [0.05, 0.1) is 17.9 Å². The summed E-state index contributed by atoms with van der Waals surface area (Å²) in [6.07, 6.45) is 3.63. The van der Waals surface area contributed by atoms with Crippen molar-refractivity contribution in [1.29, 1.82) is 0 Å². The Balaban J connectivity index is 1.27. The molecule has 0 saturated carbocycles. The zero-order valence-electron chi connectivity index (χ0n) is 26.4. The number of ether oxygens (including phenoxy) is 3. The van der Waals surface area contributed by atoms with Gasteiger partial charge in [0.2, 0.25) is 15.9 Å². The van der Waals surface area contributed by atoms with Crippen molar-refractivity contribution < 1.29 is 32.2 Å².